The van der Waals surface area contributed by atoms with E-state index in [-0.39, 0.29) is 22.0 Å². The molecule has 0 aliphatic rings. The third-order valence-corrected chi connectivity index (χ3v) is 5.36. The largest absolute Gasteiger partial charge is 0.493 e. The molecule has 0 amide bonds. The summed E-state index contributed by atoms with van der Waals surface area (Å²) in [6.45, 7) is 1.30. The van der Waals surface area contributed by atoms with E-state index in [0.29, 0.717) is 22.3 Å². The summed E-state index contributed by atoms with van der Waals surface area (Å²) in [5.41, 5.74) is 0.943. The number of fused-ring (bicyclic) bond motifs is 1. The van der Waals surface area contributed by atoms with Crippen LogP contribution in [0.15, 0.2) is 58.1 Å². The first kappa shape index (κ1) is 20.4. The van der Waals surface area contributed by atoms with E-state index in [1.807, 2.05) is 30.3 Å². The molecule has 0 atom stereocenters. The van der Waals surface area contributed by atoms with Crippen molar-refractivity contribution in [3.63, 3.8) is 0 Å². The first-order chi connectivity index (χ1) is 14.9. The van der Waals surface area contributed by atoms with Crippen LogP contribution in [0.4, 0.5) is 0 Å². The van der Waals surface area contributed by atoms with E-state index in [4.69, 9.17) is 9.47 Å². The SMILES string of the molecule is COc1cc(/C=c2\sc3nc(=O)c(Cc4ccccc4)nn3c2=O)ccc1OC(C)=O. The number of carbonyl (C=O) groups is 1. The number of aromatic nitrogens is 3. The van der Waals surface area contributed by atoms with E-state index in [0.717, 1.165) is 21.4 Å². The van der Waals surface area contributed by atoms with Crippen LogP contribution in [0, 0.1) is 0 Å². The fourth-order valence-electron chi connectivity index (χ4n) is 3.01. The lowest BCUT2D eigenvalue weighted by molar-refractivity contribution is -0.132. The van der Waals surface area contributed by atoms with Gasteiger partial charge in [-0.25, -0.2) is 0 Å². The average molecular weight is 435 g/mol. The van der Waals surface area contributed by atoms with Crippen molar-refractivity contribution in [1.29, 1.82) is 0 Å². The molecule has 0 saturated heterocycles. The number of hydrogen-bond acceptors (Lipinski definition) is 8. The fourth-order valence-corrected chi connectivity index (χ4v) is 3.91. The van der Waals surface area contributed by atoms with E-state index in [9.17, 15) is 14.4 Å². The zero-order chi connectivity index (χ0) is 22.0. The number of ether oxygens (including phenoxy) is 2. The normalized spacial score (nSPS) is 11.6. The molecule has 0 saturated carbocycles. The Morgan fingerprint density at radius 2 is 1.90 bits per heavy atom. The Hall–Kier alpha value is -3.85. The number of thiazole rings is 1. The minimum Gasteiger partial charge on any atom is -0.493 e. The summed E-state index contributed by atoms with van der Waals surface area (Å²) in [5.74, 6) is 0.174. The predicted octanol–water partition coefficient (Wildman–Crippen LogP) is 1.58. The van der Waals surface area contributed by atoms with Gasteiger partial charge in [-0.1, -0.05) is 47.7 Å². The van der Waals surface area contributed by atoms with Crippen molar-refractivity contribution in [2.24, 2.45) is 0 Å². The van der Waals surface area contributed by atoms with Crippen LogP contribution in [0.1, 0.15) is 23.7 Å². The van der Waals surface area contributed by atoms with Gasteiger partial charge in [0.2, 0.25) is 4.96 Å². The molecule has 31 heavy (non-hydrogen) atoms. The molecule has 0 N–H and O–H groups in total. The summed E-state index contributed by atoms with van der Waals surface area (Å²) in [7, 11) is 1.46. The van der Waals surface area contributed by atoms with Gasteiger partial charge in [-0.2, -0.15) is 14.6 Å². The molecule has 0 spiro atoms. The Balaban J connectivity index is 1.76. The molecule has 2 heterocycles. The smallest absolute Gasteiger partial charge is 0.308 e. The second kappa shape index (κ2) is 8.49. The maximum atomic E-state index is 12.9. The molecule has 0 unspecified atom stereocenters. The maximum absolute atomic E-state index is 12.9. The van der Waals surface area contributed by atoms with Crippen LogP contribution in [0.25, 0.3) is 11.0 Å². The van der Waals surface area contributed by atoms with Gasteiger partial charge in [-0.05, 0) is 29.3 Å². The molecule has 9 heteroatoms. The van der Waals surface area contributed by atoms with E-state index in [1.165, 1.54) is 14.0 Å². The first-order valence-corrected chi connectivity index (χ1v) is 10.1. The zero-order valence-corrected chi connectivity index (χ0v) is 17.5. The minimum absolute atomic E-state index is 0.206. The van der Waals surface area contributed by atoms with Gasteiger partial charge in [-0.3, -0.25) is 14.4 Å². The van der Waals surface area contributed by atoms with Crippen molar-refractivity contribution in [3.05, 3.63) is 90.6 Å². The van der Waals surface area contributed by atoms with Crippen molar-refractivity contribution in [1.82, 2.24) is 14.6 Å². The lowest BCUT2D eigenvalue weighted by atomic mass is 10.1. The van der Waals surface area contributed by atoms with Gasteiger partial charge in [0.25, 0.3) is 11.1 Å². The van der Waals surface area contributed by atoms with Gasteiger partial charge in [0.15, 0.2) is 11.5 Å². The first-order valence-electron chi connectivity index (χ1n) is 9.29. The number of benzene rings is 2. The Morgan fingerprint density at radius 3 is 2.61 bits per heavy atom. The van der Waals surface area contributed by atoms with Crippen LogP contribution in [0.5, 0.6) is 11.5 Å². The van der Waals surface area contributed by atoms with E-state index >= 15 is 0 Å². The van der Waals surface area contributed by atoms with Crippen molar-refractivity contribution < 1.29 is 14.3 Å². The van der Waals surface area contributed by atoms with Gasteiger partial charge in [0, 0.05) is 13.3 Å². The Labute approximate surface area is 180 Å². The molecular weight excluding hydrogens is 418 g/mol. The third kappa shape index (κ3) is 4.36. The summed E-state index contributed by atoms with van der Waals surface area (Å²) in [6.07, 6.45) is 1.93. The molecule has 156 valence electrons. The molecule has 0 aliphatic carbocycles. The third-order valence-electron chi connectivity index (χ3n) is 4.40. The van der Waals surface area contributed by atoms with Crippen molar-refractivity contribution in [3.8, 4) is 11.5 Å². The summed E-state index contributed by atoms with van der Waals surface area (Å²) < 4.78 is 11.9. The van der Waals surface area contributed by atoms with Crippen molar-refractivity contribution >= 4 is 28.3 Å². The molecule has 2 aromatic carbocycles. The number of carbonyl (C=O) groups excluding carboxylic acids is 1. The Bertz CT molecular complexity index is 1440. The maximum Gasteiger partial charge on any atom is 0.308 e. The number of methoxy groups -OCH3 is 1. The van der Waals surface area contributed by atoms with Gasteiger partial charge in [0.05, 0.1) is 11.6 Å². The topological polar surface area (TPSA) is 99.9 Å². The van der Waals surface area contributed by atoms with Crippen molar-refractivity contribution in [2.45, 2.75) is 13.3 Å². The highest BCUT2D eigenvalue weighted by atomic mass is 32.1. The molecule has 4 rings (SSSR count). The molecular formula is C22H17N3O5S. The molecule has 0 aliphatic heterocycles. The summed E-state index contributed by atoms with van der Waals surface area (Å²) in [5, 5.41) is 4.25. The summed E-state index contributed by atoms with van der Waals surface area (Å²) in [6, 6.07) is 14.3. The lowest BCUT2D eigenvalue weighted by Crippen LogP contribution is -2.28. The monoisotopic (exact) mass is 435 g/mol. The molecule has 0 fully saturated rings. The molecule has 8 nitrogen and oxygen atoms in total. The lowest BCUT2D eigenvalue weighted by Gasteiger charge is -2.08. The average Bonchev–Trinajstić information content (AvgIpc) is 3.04. The fraction of sp³-hybridized carbons (Fsp3) is 0.136. The second-order valence-electron chi connectivity index (χ2n) is 6.64. The van der Waals surface area contributed by atoms with E-state index in [1.54, 1.807) is 24.3 Å². The predicted molar refractivity (Wildman–Crippen MR) is 116 cm³/mol. The number of esters is 1. The van der Waals surface area contributed by atoms with Gasteiger partial charge < -0.3 is 9.47 Å². The van der Waals surface area contributed by atoms with Crippen LogP contribution in [-0.4, -0.2) is 27.7 Å². The molecule has 0 radical (unpaired) electrons. The minimum atomic E-state index is -0.463. The number of nitrogens with zero attached hydrogens (tertiary/aromatic N) is 3. The molecule has 4 aromatic rings. The standard InChI is InChI=1S/C22H17N3O5S/c1-13(26)30-17-9-8-15(11-18(17)29-2)12-19-21(28)25-22(31-19)23-20(27)16(24-25)10-14-6-4-3-5-7-14/h3-9,11-12H,10H2,1-2H3/b19-12-. The Kier molecular flexibility index (Phi) is 5.59. The van der Waals surface area contributed by atoms with Gasteiger partial charge >= 0.3 is 5.97 Å². The van der Waals surface area contributed by atoms with Crippen molar-refractivity contribution in [2.75, 3.05) is 7.11 Å². The summed E-state index contributed by atoms with van der Waals surface area (Å²) >= 11 is 1.07. The Morgan fingerprint density at radius 1 is 1.13 bits per heavy atom. The number of hydrogen-bond donors (Lipinski definition) is 0. The van der Waals surface area contributed by atoms with Crippen LogP contribution < -0.4 is 25.1 Å². The molecule has 0 bridgehead atoms. The second-order valence-corrected chi connectivity index (χ2v) is 7.65. The van der Waals surface area contributed by atoms with Crippen LogP contribution in [-0.2, 0) is 11.2 Å². The summed E-state index contributed by atoms with van der Waals surface area (Å²) in [4.78, 5) is 40.7. The van der Waals surface area contributed by atoms with Crippen LogP contribution >= 0.6 is 11.3 Å². The molecule has 2 aromatic heterocycles. The number of rotatable bonds is 5. The zero-order valence-electron chi connectivity index (χ0n) is 16.7. The highest BCUT2D eigenvalue weighted by molar-refractivity contribution is 7.15. The van der Waals surface area contributed by atoms with Crippen LogP contribution in [0.3, 0.4) is 0 Å². The van der Waals surface area contributed by atoms with Gasteiger partial charge in [0.1, 0.15) is 5.69 Å². The van der Waals surface area contributed by atoms with E-state index < -0.39 is 11.5 Å². The quantitative estimate of drug-likeness (QED) is 0.347. The highest BCUT2D eigenvalue weighted by Gasteiger charge is 2.12. The van der Waals surface area contributed by atoms with Crippen LogP contribution in [0.2, 0.25) is 0 Å². The van der Waals surface area contributed by atoms with E-state index in [2.05, 4.69) is 10.1 Å². The highest BCUT2D eigenvalue weighted by Crippen LogP contribution is 2.28. The van der Waals surface area contributed by atoms with Gasteiger partial charge in [-0.15, -0.1) is 0 Å².